The van der Waals surface area contributed by atoms with E-state index in [-0.39, 0.29) is 0 Å². The number of hydrogen-bond donors (Lipinski definition) is 0. The zero-order valence-corrected chi connectivity index (χ0v) is 30.6. The van der Waals surface area contributed by atoms with E-state index >= 15 is 0 Å². The fourth-order valence-electron chi connectivity index (χ4n) is 7.04. The fraction of sp³-hybridized carbons (Fsp3) is 0.791. The van der Waals surface area contributed by atoms with E-state index in [1.54, 1.807) is 5.82 Å². The Morgan fingerprint density at radius 2 is 0.822 bits per heavy atom. The molecule has 2 rings (SSSR count). The standard InChI is InChI=1S/C43H77N2/c1-3-5-7-9-11-13-15-17-19-20-22-24-26-28-33-37-43-44(39-40-45(43)41-42-35-31-30-32-36-42)38-34-29-27-25-23-21-18-16-14-12-10-8-6-4-2/h30-32,35-36,39-40H,3-29,33-34,37-38,41H2,1-2H3/q+1. The molecule has 0 saturated heterocycles. The van der Waals surface area contributed by atoms with Gasteiger partial charge in [-0.15, -0.1) is 0 Å². The van der Waals surface area contributed by atoms with Gasteiger partial charge in [0.1, 0.15) is 18.9 Å². The van der Waals surface area contributed by atoms with Gasteiger partial charge in [0.15, 0.2) is 0 Å². The Bertz CT molecular complexity index is 869. The van der Waals surface area contributed by atoms with Gasteiger partial charge in [-0.1, -0.05) is 211 Å². The van der Waals surface area contributed by atoms with Crippen molar-refractivity contribution < 1.29 is 4.57 Å². The van der Waals surface area contributed by atoms with Gasteiger partial charge in [-0.05, 0) is 24.8 Å². The van der Waals surface area contributed by atoms with Crippen LogP contribution >= 0.6 is 0 Å². The minimum Gasteiger partial charge on any atom is -0.234 e. The average molecular weight is 622 g/mol. The first-order chi connectivity index (χ1) is 22.3. The van der Waals surface area contributed by atoms with Gasteiger partial charge < -0.3 is 0 Å². The Morgan fingerprint density at radius 3 is 1.24 bits per heavy atom. The van der Waals surface area contributed by atoms with Crippen LogP contribution in [0.2, 0.25) is 0 Å². The van der Waals surface area contributed by atoms with Gasteiger partial charge in [0.05, 0.1) is 6.54 Å². The maximum Gasteiger partial charge on any atom is 0.256 e. The first kappa shape index (κ1) is 39.6. The number of hydrogen-bond acceptors (Lipinski definition) is 0. The van der Waals surface area contributed by atoms with Gasteiger partial charge >= 0.3 is 0 Å². The first-order valence-corrected chi connectivity index (χ1v) is 20.5. The van der Waals surface area contributed by atoms with Crippen molar-refractivity contribution in [3.8, 4) is 0 Å². The molecule has 2 heteroatoms. The van der Waals surface area contributed by atoms with Crippen LogP contribution in [0.1, 0.15) is 211 Å². The van der Waals surface area contributed by atoms with Crippen molar-refractivity contribution in [1.82, 2.24) is 4.57 Å². The Labute approximate surface area is 282 Å². The molecule has 0 radical (unpaired) electrons. The van der Waals surface area contributed by atoms with E-state index in [1.165, 1.54) is 205 Å². The zero-order valence-electron chi connectivity index (χ0n) is 30.6. The number of benzene rings is 1. The van der Waals surface area contributed by atoms with E-state index in [1.807, 2.05) is 0 Å². The molecule has 0 fully saturated rings. The molecule has 0 atom stereocenters. The van der Waals surface area contributed by atoms with E-state index in [0.717, 1.165) is 6.54 Å². The summed E-state index contributed by atoms with van der Waals surface area (Å²) in [6.45, 7) is 6.80. The maximum absolute atomic E-state index is 2.59. The van der Waals surface area contributed by atoms with Crippen LogP contribution in [0.25, 0.3) is 0 Å². The molecule has 45 heavy (non-hydrogen) atoms. The second kappa shape index (κ2) is 29.8. The minimum atomic E-state index is 1.00. The highest BCUT2D eigenvalue weighted by atomic mass is 15.1. The van der Waals surface area contributed by atoms with Crippen molar-refractivity contribution >= 4 is 0 Å². The highest BCUT2D eigenvalue weighted by molar-refractivity contribution is 5.13. The maximum atomic E-state index is 2.59. The molecule has 0 aliphatic heterocycles. The summed E-state index contributed by atoms with van der Waals surface area (Å²) in [5, 5.41) is 0. The number of aromatic nitrogens is 2. The molecule has 2 aromatic rings. The van der Waals surface area contributed by atoms with Gasteiger partial charge in [-0.25, -0.2) is 9.13 Å². The Kier molecular flexibility index (Phi) is 26.2. The third kappa shape index (κ3) is 21.8. The van der Waals surface area contributed by atoms with Crippen LogP contribution in [0, 0.1) is 0 Å². The lowest BCUT2D eigenvalue weighted by atomic mass is 10.0. The molecule has 0 unspecified atom stereocenters. The van der Waals surface area contributed by atoms with Crippen LogP contribution in [-0.4, -0.2) is 4.57 Å². The van der Waals surface area contributed by atoms with Crippen molar-refractivity contribution in [1.29, 1.82) is 0 Å². The lowest BCUT2D eigenvalue weighted by molar-refractivity contribution is -0.695. The van der Waals surface area contributed by atoms with Gasteiger partial charge in [0, 0.05) is 6.42 Å². The van der Waals surface area contributed by atoms with Crippen molar-refractivity contribution in [2.45, 2.75) is 220 Å². The summed E-state index contributed by atoms with van der Waals surface area (Å²) in [5.74, 6) is 1.54. The molecule has 0 amide bonds. The average Bonchev–Trinajstić information content (AvgIpc) is 3.44. The van der Waals surface area contributed by atoms with Crippen LogP contribution < -0.4 is 4.57 Å². The van der Waals surface area contributed by atoms with Crippen LogP contribution in [0.5, 0.6) is 0 Å². The molecule has 0 aliphatic carbocycles. The monoisotopic (exact) mass is 622 g/mol. The summed E-state index contributed by atoms with van der Waals surface area (Å²) in [5.41, 5.74) is 1.41. The lowest BCUT2D eigenvalue weighted by Gasteiger charge is -2.07. The van der Waals surface area contributed by atoms with Gasteiger partial charge in [-0.2, -0.15) is 0 Å². The van der Waals surface area contributed by atoms with Crippen LogP contribution in [0.4, 0.5) is 0 Å². The molecule has 0 spiro atoms. The first-order valence-electron chi connectivity index (χ1n) is 20.5. The number of rotatable bonds is 33. The predicted octanol–water partition coefficient (Wildman–Crippen LogP) is 13.7. The molecule has 1 heterocycles. The molecule has 0 N–H and O–H groups in total. The summed E-state index contributed by atoms with van der Waals surface area (Å²) < 4.78 is 5.12. The topological polar surface area (TPSA) is 8.81 Å². The summed E-state index contributed by atoms with van der Waals surface area (Å²) >= 11 is 0. The summed E-state index contributed by atoms with van der Waals surface area (Å²) in [7, 11) is 0. The largest absolute Gasteiger partial charge is 0.256 e. The highest BCUT2D eigenvalue weighted by Gasteiger charge is 2.17. The molecular weight excluding hydrogens is 544 g/mol. The smallest absolute Gasteiger partial charge is 0.234 e. The van der Waals surface area contributed by atoms with Crippen LogP contribution in [0.15, 0.2) is 42.7 Å². The van der Waals surface area contributed by atoms with Gasteiger partial charge in [0.2, 0.25) is 0 Å². The molecular formula is C43H77N2+. The number of aryl methyl sites for hydroxylation is 1. The molecule has 0 saturated carbocycles. The van der Waals surface area contributed by atoms with E-state index in [0.29, 0.717) is 0 Å². The van der Waals surface area contributed by atoms with E-state index in [4.69, 9.17) is 0 Å². The predicted molar refractivity (Wildman–Crippen MR) is 199 cm³/mol. The molecule has 1 aromatic carbocycles. The quantitative estimate of drug-likeness (QED) is 0.0554. The lowest BCUT2D eigenvalue weighted by Crippen LogP contribution is -2.37. The van der Waals surface area contributed by atoms with E-state index < -0.39 is 0 Å². The molecule has 0 aliphatic rings. The number of unbranched alkanes of at least 4 members (excludes halogenated alkanes) is 27. The molecule has 0 bridgehead atoms. The molecule has 2 nitrogen and oxygen atoms in total. The van der Waals surface area contributed by atoms with E-state index in [2.05, 4.69) is 65.7 Å². The molecule has 258 valence electrons. The summed E-state index contributed by atoms with van der Waals surface area (Å²) in [4.78, 5) is 0. The zero-order chi connectivity index (χ0) is 31.9. The van der Waals surface area contributed by atoms with Crippen LogP contribution in [0.3, 0.4) is 0 Å². The second-order valence-corrected chi connectivity index (χ2v) is 14.3. The Balaban J connectivity index is 1.57. The normalized spacial score (nSPS) is 11.5. The van der Waals surface area contributed by atoms with E-state index in [9.17, 15) is 0 Å². The van der Waals surface area contributed by atoms with Gasteiger partial charge in [0.25, 0.3) is 5.82 Å². The Morgan fingerprint density at radius 1 is 0.444 bits per heavy atom. The van der Waals surface area contributed by atoms with Crippen LogP contribution in [-0.2, 0) is 19.5 Å². The van der Waals surface area contributed by atoms with Crippen molar-refractivity contribution in [3.63, 3.8) is 0 Å². The minimum absolute atomic E-state index is 1.00. The summed E-state index contributed by atoms with van der Waals surface area (Å²) in [6.07, 6.45) is 47.4. The SMILES string of the molecule is CCCCCCCCCCCCCCCCCc1n(CCCCCCCCCCCCCCCC)cc[n+]1Cc1ccccc1. The number of nitrogens with zero attached hydrogens (tertiary/aromatic N) is 2. The second-order valence-electron chi connectivity index (χ2n) is 14.3. The third-order valence-corrected chi connectivity index (χ3v) is 10.0. The number of imidazole rings is 1. The third-order valence-electron chi connectivity index (χ3n) is 10.0. The van der Waals surface area contributed by atoms with Gasteiger partial charge in [-0.3, -0.25) is 0 Å². The highest BCUT2D eigenvalue weighted by Crippen LogP contribution is 2.16. The van der Waals surface area contributed by atoms with Crippen molar-refractivity contribution in [2.75, 3.05) is 0 Å². The van der Waals surface area contributed by atoms with Crippen molar-refractivity contribution in [2.24, 2.45) is 0 Å². The summed E-state index contributed by atoms with van der Waals surface area (Å²) in [6, 6.07) is 11.0. The molecule has 1 aromatic heterocycles. The van der Waals surface area contributed by atoms with Crippen molar-refractivity contribution in [3.05, 3.63) is 54.1 Å². The Hall–Kier alpha value is -1.57. The fourth-order valence-corrected chi connectivity index (χ4v) is 7.04.